The van der Waals surface area contributed by atoms with Crippen LogP contribution < -0.4 is 5.73 Å². The predicted molar refractivity (Wildman–Crippen MR) is 48.3 cm³/mol. The fourth-order valence-electron chi connectivity index (χ4n) is 0.773. The molecule has 10 heavy (non-hydrogen) atoms. The van der Waals surface area contributed by atoms with Gasteiger partial charge in [-0.25, -0.2) is 0 Å². The summed E-state index contributed by atoms with van der Waals surface area (Å²) >= 11 is 2.01. The lowest BCUT2D eigenvalue weighted by molar-refractivity contribution is 0.591. The highest BCUT2D eigenvalue weighted by atomic mass is 32.2. The van der Waals surface area contributed by atoms with Crippen molar-refractivity contribution in [3.8, 4) is 0 Å². The lowest BCUT2D eigenvalue weighted by atomic mass is 10.1. The number of hydrogen-bond acceptors (Lipinski definition) is 2. The van der Waals surface area contributed by atoms with Crippen LogP contribution in [0, 0.1) is 5.92 Å². The first-order chi connectivity index (χ1) is 4.58. The highest BCUT2D eigenvalue weighted by molar-refractivity contribution is 7.99. The molecule has 0 amide bonds. The molecule has 1 aliphatic carbocycles. The monoisotopic (exact) mass is 159 g/mol. The van der Waals surface area contributed by atoms with E-state index in [1.54, 1.807) is 0 Å². The molecular weight excluding hydrogens is 142 g/mol. The molecule has 1 aliphatic rings. The third-order valence-electron chi connectivity index (χ3n) is 1.52. The molecule has 0 aliphatic heterocycles. The second-order valence-electron chi connectivity index (χ2n) is 3.95. The van der Waals surface area contributed by atoms with E-state index in [2.05, 4.69) is 13.8 Å². The van der Waals surface area contributed by atoms with Crippen LogP contribution in [-0.2, 0) is 0 Å². The first-order valence-corrected chi connectivity index (χ1v) is 5.10. The molecule has 1 fully saturated rings. The third-order valence-corrected chi connectivity index (χ3v) is 3.18. The van der Waals surface area contributed by atoms with Crippen LogP contribution in [0.25, 0.3) is 0 Å². The number of thioether (sulfide) groups is 1. The van der Waals surface area contributed by atoms with Crippen LogP contribution >= 0.6 is 11.8 Å². The summed E-state index contributed by atoms with van der Waals surface area (Å²) in [7, 11) is 0. The van der Waals surface area contributed by atoms with Gasteiger partial charge >= 0.3 is 0 Å². The van der Waals surface area contributed by atoms with Gasteiger partial charge in [0, 0.05) is 11.3 Å². The fourth-order valence-corrected chi connectivity index (χ4v) is 2.08. The highest BCUT2D eigenvalue weighted by Crippen LogP contribution is 2.32. The van der Waals surface area contributed by atoms with E-state index in [1.165, 1.54) is 18.6 Å². The van der Waals surface area contributed by atoms with Gasteiger partial charge in [0.25, 0.3) is 0 Å². The Kier molecular flexibility index (Phi) is 2.64. The normalized spacial score (nSPS) is 19.5. The van der Waals surface area contributed by atoms with Crippen LogP contribution in [0.3, 0.4) is 0 Å². The van der Waals surface area contributed by atoms with Crippen molar-refractivity contribution in [2.45, 2.75) is 32.2 Å². The fraction of sp³-hybridized carbons (Fsp3) is 1.00. The average molecular weight is 159 g/mol. The van der Waals surface area contributed by atoms with Crippen LogP contribution in [0.15, 0.2) is 0 Å². The van der Waals surface area contributed by atoms with Crippen LogP contribution in [0.5, 0.6) is 0 Å². The molecule has 0 bridgehead atoms. The van der Waals surface area contributed by atoms with E-state index in [4.69, 9.17) is 5.73 Å². The number of hydrogen-bond donors (Lipinski definition) is 1. The zero-order valence-corrected chi connectivity index (χ0v) is 7.71. The van der Waals surface area contributed by atoms with Crippen molar-refractivity contribution in [1.82, 2.24) is 0 Å². The smallest absolute Gasteiger partial charge is 0.0188 e. The first kappa shape index (κ1) is 8.41. The van der Waals surface area contributed by atoms with Gasteiger partial charge in [0.1, 0.15) is 0 Å². The van der Waals surface area contributed by atoms with Crippen molar-refractivity contribution in [1.29, 1.82) is 0 Å². The summed E-state index contributed by atoms with van der Waals surface area (Å²) in [6.07, 6.45) is 2.91. The van der Waals surface area contributed by atoms with Crippen LogP contribution in [-0.4, -0.2) is 17.0 Å². The van der Waals surface area contributed by atoms with Gasteiger partial charge in [-0.05, 0) is 38.4 Å². The molecular formula is C8H17NS. The van der Waals surface area contributed by atoms with E-state index in [-0.39, 0.29) is 5.54 Å². The summed E-state index contributed by atoms with van der Waals surface area (Å²) < 4.78 is 0. The highest BCUT2D eigenvalue weighted by Gasteiger charge is 2.21. The van der Waals surface area contributed by atoms with Gasteiger partial charge in [-0.1, -0.05) is 0 Å². The molecule has 0 unspecified atom stereocenters. The van der Waals surface area contributed by atoms with E-state index >= 15 is 0 Å². The van der Waals surface area contributed by atoms with Crippen molar-refractivity contribution in [2.75, 3.05) is 11.5 Å². The van der Waals surface area contributed by atoms with E-state index in [0.29, 0.717) is 0 Å². The average Bonchev–Trinajstić information content (AvgIpc) is 2.45. The van der Waals surface area contributed by atoms with E-state index in [9.17, 15) is 0 Å². The van der Waals surface area contributed by atoms with Gasteiger partial charge in [-0.15, -0.1) is 0 Å². The third kappa shape index (κ3) is 4.18. The lowest BCUT2D eigenvalue weighted by Crippen LogP contribution is -2.34. The largest absolute Gasteiger partial charge is 0.325 e. The number of nitrogens with two attached hydrogens (primary N) is 1. The summed E-state index contributed by atoms with van der Waals surface area (Å²) in [5.41, 5.74) is 5.85. The molecule has 2 N–H and O–H groups in total. The molecule has 0 saturated heterocycles. The Morgan fingerprint density at radius 2 is 2.10 bits per heavy atom. The SMILES string of the molecule is CC(C)(N)CSCC1CC1. The Balaban J connectivity index is 1.93. The molecule has 60 valence electrons. The maximum absolute atomic E-state index is 5.82. The van der Waals surface area contributed by atoms with Crippen molar-refractivity contribution < 1.29 is 0 Å². The predicted octanol–water partition coefficient (Wildman–Crippen LogP) is 1.87. The Morgan fingerprint density at radius 1 is 1.50 bits per heavy atom. The van der Waals surface area contributed by atoms with Gasteiger partial charge in [-0.2, -0.15) is 11.8 Å². The van der Waals surface area contributed by atoms with Gasteiger partial charge in [0.2, 0.25) is 0 Å². The minimum absolute atomic E-state index is 0.0273. The first-order valence-electron chi connectivity index (χ1n) is 3.94. The Labute approximate surface area is 67.8 Å². The molecule has 0 radical (unpaired) electrons. The van der Waals surface area contributed by atoms with Gasteiger partial charge in [0.15, 0.2) is 0 Å². The molecule has 0 atom stereocenters. The molecule has 0 heterocycles. The molecule has 0 aromatic heterocycles. The van der Waals surface area contributed by atoms with Gasteiger partial charge in [-0.3, -0.25) is 0 Å². The van der Waals surface area contributed by atoms with Crippen molar-refractivity contribution in [3.63, 3.8) is 0 Å². The molecule has 0 aromatic rings. The molecule has 1 nitrogen and oxygen atoms in total. The van der Waals surface area contributed by atoms with E-state index < -0.39 is 0 Å². The maximum Gasteiger partial charge on any atom is 0.0188 e. The van der Waals surface area contributed by atoms with Crippen LogP contribution in [0.2, 0.25) is 0 Å². The topological polar surface area (TPSA) is 26.0 Å². The maximum atomic E-state index is 5.82. The summed E-state index contributed by atoms with van der Waals surface area (Å²) in [5, 5.41) is 0. The Bertz CT molecular complexity index is 102. The standard InChI is InChI=1S/C8H17NS/c1-8(2,9)6-10-5-7-3-4-7/h7H,3-6,9H2,1-2H3. The molecule has 0 aromatic carbocycles. The van der Waals surface area contributed by atoms with Crippen LogP contribution in [0.1, 0.15) is 26.7 Å². The molecule has 1 rings (SSSR count). The van der Waals surface area contributed by atoms with Crippen molar-refractivity contribution in [3.05, 3.63) is 0 Å². The zero-order chi connectivity index (χ0) is 7.61. The number of rotatable bonds is 4. The summed E-state index contributed by atoms with van der Waals surface area (Å²) in [5.74, 6) is 3.47. The summed E-state index contributed by atoms with van der Waals surface area (Å²) in [4.78, 5) is 0. The Hall–Kier alpha value is 0.310. The Morgan fingerprint density at radius 3 is 2.50 bits per heavy atom. The molecule has 0 spiro atoms. The van der Waals surface area contributed by atoms with Crippen LogP contribution in [0.4, 0.5) is 0 Å². The summed E-state index contributed by atoms with van der Waals surface area (Å²) in [6.45, 7) is 4.18. The van der Waals surface area contributed by atoms with Crippen molar-refractivity contribution in [2.24, 2.45) is 11.7 Å². The quantitative estimate of drug-likeness (QED) is 0.677. The second kappa shape index (κ2) is 3.14. The molecule has 2 heteroatoms. The summed E-state index contributed by atoms with van der Waals surface area (Å²) in [6, 6.07) is 0. The van der Waals surface area contributed by atoms with Crippen molar-refractivity contribution >= 4 is 11.8 Å². The van der Waals surface area contributed by atoms with E-state index in [0.717, 1.165) is 11.7 Å². The van der Waals surface area contributed by atoms with Gasteiger partial charge in [0.05, 0.1) is 0 Å². The minimum atomic E-state index is 0.0273. The molecule has 1 saturated carbocycles. The zero-order valence-electron chi connectivity index (χ0n) is 6.89. The lowest BCUT2D eigenvalue weighted by Gasteiger charge is -2.17. The second-order valence-corrected chi connectivity index (χ2v) is 4.98. The van der Waals surface area contributed by atoms with E-state index in [1.807, 2.05) is 11.8 Å². The van der Waals surface area contributed by atoms with Gasteiger partial charge < -0.3 is 5.73 Å². The minimum Gasteiger partial charge on any atom is -0.325 e.